The number of morpholine rings is 1. The van der Waals surface area contributed by atoms with Crippen molar-refractivity contribution in [1.29, 1.82) is 0 Å². The van der Waals surface area contributed by atoms with E-state index < -0.39 is 17.8 Å². The van der Waals surface area contributed by atoms with Crippen LogP contribution in [0.15, 0.2) is 0 Å². The number of ether oxygens (including phenoxy) is 4. The molecule has 0 radical (unpaired) electrons. The Morgan fingerprint density at radius 3 is 2.34 bits per heavy atom. The highest BCUT2D eigenvalue weighted by molar-refractivity contribution is 5.33. The molecule has 3 saturated heterocycles. The maximum Gasteiger partial charge on any atom is 0.170 e. The zero-order chi connectivity index (χ0) is 35.6. The summed E-state index contributed by atoms with van der Waals surface area (Å²) in [5, 5.41) is 23.8. The first kappa shape index (κ1) is 36.6. The lowest BCUT2D eigenvalue weighted by molar-refractivity contribution is -0.251. The van der Waals surface area contributed by atoms with Gasteiger partial charge in [-0.15, -0.1) is 0 Å². The van der Waals surface area contributed by atoms with Crippen LogP contribution in [0.25, 0.3) is 0 Å². The van der Waals surface area contributed by atoms with Gasteiger partial charge in [-0.1, -0.05) is 34.6 Å². The number of hydrogen-bond acceptors (Lipinski definition) is 8. The fourth-order valence-corrected chi connectivity index (χ4v) is 15.3. The molecule has 8 nitrogen and oxygen atoms in total. The number of aliphatic hydroxyl groups is 2. The van der Waals surface area contributed by atoms with E-state index in [-0.39, 0.29) is 40.8 Å². The first-order valence-corrected chi connectivity index (χ1v) is 20.9. The van der Waals surface area contributed by atoms with E-state index in [2.05, 4.69) is 51.5 Å². The number of rotatable bonds is 7. The minimum Gasteiger partial charge on any atom is -0.390 e. The van der Waals surface area contributed by atoms with Crippen molar-refractivity contribution in [2.45, 2.75) is 168 Å². The molecule has 0 bridgehead atoms. The fraction of sp³-hybridized carbons (Fsp3) is 1.00. The molecule has 50 heavy (non-hydrogen) atoms. The van der Waals surface area contributed by atoms with Gasteiger partial charge >= 0.3 is 0 Å². The molecule has 286 valence electrons. The molecule has 8 rings (SSSR count). The van der Waals surface area contributed by atoms with Crippen LogP contribution in [0.4, 0.5) is 0 Å². The van der Waals surface area contributed by atoms with Crippen LogP contribution >= 0.6 is 0 Å². The molecule has 0 amide bonds. The average Bonchev–Trinajstić information content (AvgIpc) is 3.69. The van der Waals surface area contributed by atoms with E-state index in [1.54, 1.807) is 0 Å². The Morgan fingerprint density at radius 1 is 0.940 bits per heavy atom. The Balaban J connectivity index is 0.998. The summed E-state index contributed by atoms with van der Waals surface area (Å²) in [4.78, 5) is 5.12. The number of piperidine rings is 1. The summed E-state index contributed by atoms with van der Waals surface area (Å²) in [5.41, 5.74) is -0.412. The molecular weight excluding hydrogens is 628 g/mol. The Hall–Kier alpha value is -0.320. The van der Waals surface area contributed by atoms with Gasteiger partial charge in [0.2, 0.25) is 0 Å². The second-order valence-electron chi connectivity index (χ2n) is 20.5. The average molecular weight is 701 g/mol. The first-order chi connectivity index (χ1) is 23.5. The van der Waals surface area contributed by atoms with Crippen LogP contribution in [0.5, 0.6) is 0 Å². The minimum atomic E-state index is -1.01. The van der Waals surface area contributed by atoms with Crippen molar-refractivity contribution in [3.8, 4) is 0 Å². The van der Waals surface area contributed by atoms with E-state index in [1.807, 2.05) is 20.8 Å². The molecule has 3 aliphatic heterocycles. The standard InChI is InChI=1S/C42H72N2O6/c1-10-47-36(38(5,6)46)28-23-26(2)33-34(49-28)35(45)40(8)30-12-11-29-37(3,4)31(13-16-41(29)25-42(30,41)18-17-39(33,40)7)50-32-24-44(21-22-48-32)27-14-19-43(9)20-15-27/h26-36,45-46H,10-25H2,1-9H3/t26-,28?,29+,30?,31+,32+,33+,34?,35+,36+,39-,40-,41-,42+/m1/s1. The van der Waals surface area contributed by atoms with Crippen LogP contribution in [-0.4, -0.2) is 115 Å². The van der Waals surface area contributed by atoms with Gasteiger partial charge in [0.05, 0.1) is 36.6 Å². The lowest BCUT2D eigenvalue weighted by Crippen LogP contribution is -2.60. The van der Waals surface area contributed by atoms with E-state index in [4.69, 9.17) is 18.9 Å². The van der Waals surface area contributed by atoms with Crippen LogP contribution in [0.1, 0.15) is 120 Å². The first-order valence-electron chi connectivity index (χ1n) is 20.9. The molecular formula is C42H72N2O6. The van der Waals surface area contributed by atoms with Crippen molar-refractivity contribution < 1.29 is 29.2 Å². The van der Waals surface area contributed by atoms with Crippen molar-refractivity contribution in [1.82, 2.24) is 9.80 Å². The van der Waals surface area contributed by atoms with Gasteiger partial charge in [-0.2, -0.15) is 0 Å². The van der Waals surface area contributed by atoms with Gasteiger partial charge in [-0.3, -0.25) is 4.90 Å². The largest absolute Gasteiger partial charge is 0.390 e. The number of hydrogen-bond donors (Lipinski definition) is 2. The molecule has 8 heteroatoms. The van der Waals surface area contributed by atoms with E-state index in [1.165, 1.54) is 64.5 Å². The van der Waals surface area contributed by atoms with E-state index in [9.17, 15) is 10.2 Å². The third-order valence-electron chi connectivity index (χ3n) is 17.7. The number of likely N-dealkylation sites (tertiary alicyclic amines) is 1. The SMILES string of the molecule is CCO[C@@H](C1C[C@@H](C)[C@H]2C(O1)[C@H](O)[C@@]1(C)C3CC[C@H]4C(C)(C)[C@@H](O[C@H]5CN(C6CCN(C)CC6)CCO5)CC[C@@]45C[C@@]35CC[C@]21C)C(C)(C)O. The van der Waals surface area contributed by atoms with Crippen molar-refractivity contribution in [2.24, 2.45) is 50.7 Å². The third-order valence-corrected chi connectivity index (χ3v) is 17.7. The molecule has 0 aromatic heterocycles. The van der Waals surface area contributed by atoms with Crippen molar-refractivity contribution in [3.05, 3.63) is 0 Å². The smallest absolute Gasteiger partial charge is 0.170 e. The molecule has 3 unspecified atom stereocenters. The van der Waals surface area contributed by atoms with Crippen molar-refractivity contribution >= 4 is 0 Å². The summed E-state index contributed by atoms with van der Waals surface area (Å²) in [6.07, 6.45) is 10.7. The molecule has 8 aliphatic rings. The quantitative estimate of drug-likeness (QED) is 0.329. The molecule has 2 N–H and O–H groups in total. The molecule has 0 aromatic carbocycles. The summed E-state index contributed by atoms with van der Waals surface area (Å²) in [6, 6.07) is 0.658. The fourth-order valence-electron chi connectivity index (χ4n) is 15.3. The summed E-state index contributed by atoms with van der Waals surface area (Å²) < 4.78 is 26.5. The maximum atomic E-state index is 12.6. The number of aliphatic hydroxyl groups excluding tert-OH is 1. The Labute approximate surface area is 303 Å². The zero-order valence-corrected chi connectivity index (χ0v) is 33.1. The number of nitrogens with zero attached hydrogens (tertiary/aromatic N) is 2. The Morgan fingerprint density at radius 2 is 1.64 bits per heavy atom. The van der Waals surface area contributed by atoms with Gasteiger partial charge < -0.3 is 34.1 Å². The van der Waals surface area contributed by atoms with Crippen LogP contribution in [0.3, 0.4) is 0 Å². The third kappa shape index (κ3) is 5.10. The molecule has 0 aromatic rings. The minimum absolute atomic E-state index is 0.0254. The lowest BCUT2D eigenvalue weighted by atomic mass is 9.41. The van der Waals surface area contributed by atoms with Crippen LogP contribution < -0.4 is 0 Å². The van der Waals surface area contributed by atoms with Gasteiger partial charge in [-0.05, 0) is 150 Å². The van der Waals surface area contributed by atoms with Crippen molar-refractivity contribution in [2.75, 3.05) is 46.4 Å². The highest BCUT2D eigenvalue weighted by atomic mass is 16.7. The maximum absolute atomic E-state index is 12.6. The second-order valence-corrected chi connectivity index (χ2v) is 20.5. The topological polar surface area (TPSA) is 83.9 Å². The summed E-state index contributed by atoms with van der Waals surface area (Å²) in [6.45, 7) is 23.7. The van der Waals surface area contributed by atoms with Gasteiger partial charge in [0.25, 0.3) is 0 Å². The van der Waals surface area contributed by atoms with Gasteiger partial charge in [-0.25, -0.2) is 0 Å². The monoisotopic (exact) mass is 701 g/mol. The normalized spacial score (nSPS) is 51.5. The predicted octanol–water partition coefficient (Wildman–Crippen LogP) is 6.11. The van der Waals surface area contributed by atoms with E-state index in [0.29, 0.717) is 47.2 Å². The summed E-state index contributed by atoms with van der Waals surface area (Å²) >= 11 is 0. The zero-order valence-electron chi connectivity index (χ0n) is 33.1. The predicted molar refractivity (Wildman–Crippen MR) is 195 cm³/mol. The molecule has 8 fully saturated rings. The lowest BCUT2D eigenvalue weighted by Gasteiger charge is -2.64. The van der Waals surface area contributed by atoms with Gasteiger partial charge in [0.15, 0.2) is 6.29 Å². The van der Waals surface area contributed by atoms with Crippen LogP contribution in [0, 0.1) is 50.7 Å². The van der Waals surface area contributed by atoms with Gasteiger partial charge in [0, 0.05) is 31.2 Å². The summed E-state index contributed by atoms with van der Waals surface area (Å²) in [7, 11) is 2.24. The van der Waals surface area contributed by atoms with E-state index >= 15 is 0 Å². The van der Waals surface area contributed by atoms with Gasteiger partial charge in [0.1, 0.15) is 6.10 Å². The number of fused-ring (bicyclic) bond motifs is 4. The van der Waals surface area contributed by atoms with Crippen LogP contribution in [-0.2, 0) is 18.9 Å². The molecule has 5 aliphatic carbocycles. The highest BCUT2D eigenvalue weighted by Gasteiger charge is 2.84. The molecule has 5 saturated carbocycles. The van der Waals surface area contributed by atoms with Crippen LogP contribution in [0.2, 0.25) is 0 Å². The Bertz CT molecular complexity index is 1260. The highest BCUT2D eigenvalue weighted by Crippen LogP contribution is 2.89. The molecule has 2 spiro atoms. The second kappa shape index (κ2) is 12.3. The van der Waals surface area contributed by atoms with E-state index in [0.717, 1.165) is 32.5 Å². The molecule has 3 heterocycles. The Kier molecular flexibility index (Phi) is 9.05. The summed E-state index contributed by atoms with van der Waals surface area (Å²) in [5.74, 6) is 1.87. The molecule has 14 atom stereocenters. The van der Waals surface area contributed by atoms with Crippen molar-refractivity contribution in [3.63, 3.8) is 0 Å².